The van der Waals surface area contributed by atoms with Crippen molar-refractivity contribution in [1.82, 2.24) is 0 Å². The Kier molecular flexibility index (Phi) is 3.63. The maximum absolute atomic E-state index is 11.5. The number of ether oxygens (including phenoxy) is 1. The lowest BCUT2D eigenvalue weighted by Crippen LogP contribution is -2.33. The highest BCUT2D eigenvalue weighted by Gasteiger charge is 2.40. The molecule has 0 rings (SSSR count). The molecule has 0 spiro atoms. The van der Waals surface area contributed by atoms with E-state index in [1.54, 1.807) is 0 Å². The van der Waals surface area contributed by atoms with Gasteiger partial charge in [0.15, 0.2) is 6.10 Å². The van der Waals surface area contributed by atoms with E-state index in [9.17, 15) is 17.6 Å². The van der Waals surface area contributed by atoms with E-state index in [0.717, 1.165) is 0 Å². The molecule has 0 saturated heterocycles. The quantitative estimate of drug-likeness (QED) is 0.573. The van der Waals surface area contributed by atoms with Crippen LogP contribution in [0.4, 0.5) is 17.6 Å². The first-order valence-corrected chi connectivity index (χ1v) is 2.76. The van der Waals surface area contributed by atoms with E-state index in [1.165, 1.54) is 6.92 Å². The van der Waals surface area contributed by atoms with Crippen molar-refractivity contribution in [2.45, 2.75) is 19.2 Å². The molecular formula is C5H8F4O. The summed E-state index contributed by atoms with van der Waals surface area (Å²) >= 11 is 0. The minimum Gasteiger partial charge on any atom is -0.366 e. The third-order valence-electron chi connectivity index (χ3n) is 0.873. The van der Waals surface area contributed by atoms with Crippen LogP contribution in [-0.4, -0.2) is 25.6 Å². The van der Waals surface area contributed by atoms with Gasteiger partial charge in [-0.15, -0.1) is 0 Å². The number of hydrogen-bond acceptors (Lipinski definition) is 1. The molecule has 0 aromatic heterocycles. The normalized spacial score (nSPS) is 15.3. The molecule has 0 N–H and O–H groups in total. The molecule has 0 aliphatic heterocycles. The van der Waals surface area contributed by atoms with Crippen LogP contribution in [0.3, 0.4) is 0 Å². The van der Waals surface area contributed by atoms with Crippen LogP contribution < -0.4 is 0 Å². The number of alkyl halides is 4. The molecule has 0 aliphatic carbocycles. The summed E-state index contributed by atoms with van der Waals surface area (Å²) < 4.78 is 50.2. The van der Waals surface area contributed by atoms with Crippen molar-refractivity contribution in [3.05, 3.63) is 0 Å². The highest BCUT2D eigenvalue weighted by atomic mass is 19.4. The lowest BCUT2D eigenvalue weighted by molar-refractivity contribution is -0.222. The molecule has 0 aromatic rings. The molecule has 0 fully saturated rings. The predicted molar refractivity (Wildman–Crippen MR) is 27.4 cm³/mol. The molecule has 0 aromatic carbocycles. The Hall–Kier alpha value is -0.320. The summed E-state index contributed by atoms with van der Waals surface area (Å²) in [5.41, 5.74) is 0. The van der Waals surface area contributed by atoms with Crippen LogP contribution in [-0.2, 0) is 4.74 Å². The lowest BCUT2D eigenvalue weighted by atomic mass is 10.4. The zero-order valence-corrected chi connectivity index (χ0v) is 5.41. The fourth-order valence-electron chi connectivity index (χ4n) is 0.428. The number of halogens is 4. The Morgan fingerprint density at radius 2 is 1.90 bits per heavy atom. The molecule has 10 heavy (non-hydrogen) atoms. The maximum atomic E-state index is 11.5. The highest BCUT2D eigenvalue weighted by Crippen LogP contribution is 2.22. The van der Waals surface area contributed by atoms with Crippen LogP contribution in [0, 0.1) is 0 Å². The first-order valence-electron chi connectivity index (χ1n) is 2.76. The molecule has 5 heteroatoms. The summed E-state index contributed by atoms with van der Waals surface area (Å²) in [6, 6.07) is 0. The molecule has 1 unspecified atom stereocenters. The standard InChI is InChI=1S/C5H8F4O/c1-2-10-4(3-6)5(7,8)9/h4H,2-3H2,1H3. The zero-order chi connectivity index (χ0) is 8.20. The Morgan fingerprint density at radius 3 is 2.00 bits per heavy atom. The second kappa shape index (κ2) is 3.75. The molecule has 0 saturated carbocycles. The van der Waals surface area contributed by atoms with Gasteiger partial charge >= 0.3 is 6.18 Å². The van der Waals surface area contributed by atoms with Gasteiger partial charge in [0.1, 0.15) is 6.67 Å². The van der Waals surface area contributed by atoms with Crippen molar-refractivity contribution >= 4 is 0 Å². The fraction of sp³-hybridized carbons (Fsp3) is 1.00. The van der Waals surface area contributed by atoms with Gasteiger partial charge in [-0.3, -0.25) is 0 Å². The topological polar surface area (TPSA) is 9.23 Å². The smallest absolute Gasteiger partial charge is 0.366 e. The average molecular weight is 160 g/mol. The first-order chi connectivity index (χ1) is 4.52. The molecule has 0 amide bonds. The second-order valence-electron chi connectivity index (χ2n) is 1.64. The minimum absolute atomic E-state index is 0.131. The highest BCUT2D eigenvalue weighted by molar-refractivity contribution is 4.65. The largest absolute Gasteiger partial charge is 0.417 e. The zero-order valence-electron chi connectivity index (χ0n) is 5.41. The second-order valence-corrected chi connectivity index (χ2v) is 1.64. The summed E-state index contributed by atoms with van der Waals surface area (Å²) in [7, 11) is 0. The Labute approximate surface area is 56.0 Å². The third kappa shape index (κ3) is 3.00. The molecule has 1 atom stereocenters. The van der Waals surface area contributed by atoms with Gasteiger partial charge in [-0.2, -0.15) is 13.2 Å². The minimum atomic E-state index is -4.58. The van der Waals surface area contributed by atoms with E-state index in [2.05, 4.69) is 4.74 Å². The van der Waals surface area contributed by atoms with E-state index < -0.39 is 19.0 Å². The molecule has 0 radical (unpaired) electrons. The van der Waals surface area contributed by atoms with Gasteiger partial charge in [0.25, 0.3) is 0 Å². The number of rotatable bonds is 3. The lowest BCUT2D eigenvalue weighted by Gasteiger charge is -2.15. The molecular weight excluding hydrogens is 152 g/mol. The molecule has 1 nitrogen and oxygen atoms in total. The SMILES string of the molecule is CCOC(CF)C(F)(F)F. The van der Waals surface area contributed by atoms with Gasteiger partial charge in [0.05, 0.1) is 0 Å². The fourth-order valence-corrected chi connectivity index (χ4v) is 0.428. The van der Waals surface area contributed by atoms with Crippen LogP contribution >= 0.6 is 0 Å². The van der Waals surface area contributed by atoms with E-state index in [-0.39, 0.29) is 6.61 Å². The molecule has 0 heterocycles. The number of hydrogen-bond donors (Lipinski definition) is 0. The van der Waals surface area contributed by atoms with Crippen molar-refractivity contribution < 1.29 is 22.3 Å². The van der Waals surface area contributed by atoms with Crippen molar-refractivity contribution in [3.8, 4) is 0 Å². The monoisotopic (exact) mass is 160 g/mol. The third-order valence-corrected chi connectivity index (χ3v) is 0.873. The Bertz CT molecular complexity index is 90.1. The molecule has 0 aliphatic rings. The van der Waals surface area contributed by atoms with Crippen LogP contribution in [0.15, 0.2) is 0 Å². The van der Waals surface area contributed by atoms with Crippen molar-refractivity contribution in [1.29, 1.82) is 0 Å². The van der Waals surface area contributed by atoms with Gasteiger partial charge in [0, 0.05) is 6.61 Å². The van der Waals surface area contributed by atoms with Crippen LogP contribution in [0.25, 0.3) is 0 Å². The summed E-state index contributed by atoms with van der Waals surface area (Å²) in [4.78, 5) is 0. The summed E-state index contributed by atoms with van der Waals surface area (Å²) in [5.74, 6) is 0. The van der Waals surface area contributed by atoms with Gasteiger partial charge < -0.3 is 4.74 Å². The molecule has 0 bridgehead atoms. The summed E-state index contributed by atoms with van der Waals surface area (Å²) in [5, 5.41) is 0. The average Bonchev–Trinajstić information content (AvgIpc) is 1.80. The van der Waals surface area contributed by atoms with Crippen molar-refractivity contribution in [2.24, 2.45) is 0 Å². The summed E-state index contributed by atoms with van der Waals surface area (Å²) in [6.07, 6.45) is -6.83. The first kappa shape index (κ1) is 9.68. The van der Waals surface area contributed by atoms with Gasteiger partial charge in [-0.25, -0.2) is 4.39 Å². The van der Waals surface area contributed by atoms with E-state index >= 15 is 0 Å². The van der Waals surface area contributed by atoms with E-state index in [1.807, 2.05) is 0 Å². The van der Waals surface area contributed by atoms with E-state index in [4.69, 9.17) is 0 Å². The summed E-state index contributed by atoms with van der Waals surface area (Å²) in [6.45, 7) is -0.264. The maximum Gasteiger partial charge on any atom is 0.417 e. The molecule has 62 valence electrons. The van der Waals surface area contributed by atoms with Gasteiger partial charge in [-0.1, -0.05) is 0 Å². The van der Waals surface area contributed by atoms with Gasteiger partial charge in [0.2, 0.25) is 0 Å². The predicted octanol–water partition coefficient (Wildman–Crippen LogP) is 1.92. The van der Waals surface area contributed by atoms with Crippen LogP contribution in [0.1, 0.15) is 6.92 Å². The van der Waals surface area contributed by atoms with Crippen LogP contribution in [0.2, 0.25) is 0 Å². The van der Waals surface area contributed by atoms with Crippen molar-refractivity contribution in [3.63, 3.8) is 0 Å². The Balaban J connectivity index is 3.81. The van der Waals surface area contributed by atoms with E-state index in [0.29, 0.717) is 0 Å². The van der Waals surface area contributed by atoms with Crippen LogP contribution in [0.5, 0.6) is 0 Å². The Morgan fingerprint density at radius 1 is 1.40 bits per heavy atom. The van der Waals surface area contributed by atoms with Gasteiger partial charge in [-0.05, 0) is 6.92 Å². The van der Waals surface area contributed by atoms with Crippen molar-refractivity contribution in [2.75, 3.05) is 13.3 Å².